The van der Waals surface area contributed by atoms with Gasteiger partial charge in [0, 0.05) is 5.92 Å². The third-order valence-corrected chi connectivity index (χ3v) is 1.64. The zero-order valence-corrected chi connectivity index (χ0v) is 7.01. The molecule has 0 heterocycles. The van der Waals surface area contributed by atoms with Gasteiger partial charge in [0.05, 0.1) is 5.54 Å². The lowest BCUT2D eigenvalue weighted by molar-refractivity contribution is -0.130. The monoisotopic (exact) mass is 155 g/mol. The number of hydrogen-bond donors (Lipinski definition) is 2. The van der Waals surface area contributed by atoms with E-state index in [-0.39, 0.29) is 5.92 Å². The van der Waals surface area contributed by atoms with Crippen LogP contribution in [-0.4, -0.2) is 16.6 Å². The van der Waals surface area contributed by atoms with E-state index in [1.54, 1.807) is 6.92 Å². The topological polar surface area (TPSA) is 63.3 Å². The molecule has 0 aliphatic heterocycles. The molecule has 0 aliphatic rings. The van der Waals surface area contributed by atoms with Crippen molar-refractivity contribution in [3.63, 3.8) is 0 Å². The molecule has 11 heavy (non-hydrogen) atoms. The summed E-state index contributed by atoms with van der Waals surface area (Å²) >= 11 is 0. The van der Waals surface area contributed by atoms with Crippen molar-refractivity contribution in [2.75, 3.05) is 0 Å². The van der Waals surface area contributed by atoms with Crippen LogP contribution in [0.2, 0.25) is 0 Å². The molecule has 3 N–H and O–H groups in total. The molecule has 0 aromatic rings. The minimum atomic E-state index is -1.14. The number of aliphatic carboxylic acids is 1. The summed E-state index contributed by atoms with van der Waals surface area (Å²) in [4.78, 5) is 10.0. The largest absolute Gasteiger partial charge is 0.472 e. The van der Waals surface area contributed by atoms with Crippen molar-refractivity contribution < 1.29 is 9.90 Å². The number of carboxylic acid groups (broad SMARTS) is 1. The van der Waals surface area contributed by atoms with Crippen LogP contribution in [0, 0.1) is 17.8 Å². The second-order valence-corrected chi connectivity index (χ2v) is 2.99. The van der Waals surface area contributed by atoms with Crippen LogP contribution >= 0.6 is 0 Å². The van der Waals surface area contributed by atoms with Gasteiger partial charge in [-0.1, -0.05) is 19.8 Å². The Balaban J connectivity index is 4.38. The fourth-order valence-electron chi connectivity index (χ4n) is 0.332. The average Bonchev–Trinajstić information content (AvgIpc) is 1.84. The summed E-state index contributed by atoms with van der Waals surface area (Å²) in [5, 5.41) is 8.23. The fourth-order valence-corrected chi connectivity index (χ4v) is 0.332. The van der Waals surface area contributed by atoms with Crippen molar-refractivity contribution >= 4 is 5.97 Å². The molecule has 0 bridgehead atoms. The average molecular weight is 155 g/mol. The van der Waals surface area contributed by atoms with Gasteiger partial charge in [-0.25, -0.2) is 4.79 Å². The first-order valence-electron chi connectivity index (χ1n) is 3.41. The normalized spacial score (nSPS) is 15.0. The highest BCUT2D eigenvalue weighted by atomic mass is 16.4. The number of carbonyl (C=O) groups is 1. The first-order valence-corrected chi connectivity index (χ1v) is 3.41. The lowest BCUT2D eigenvalue weighted by Crippen LogP contribution is -2.40. The molecule has 0 fully saturated rings. The molecular weight excluding hydrogens is 142 g/mol. The molecule has 0 rings (SSSR count). The molecule has 0 saturated heterocycles. The minimum Gasteiger partial charge on any atom is -0.472 e. The van der Waals surface area contributed by atoms with Gasteiger partial charge in [-0.3, -0.25) is 0 Å². The highest BCUT2D eigenvalue weighted by Crippen LogP contribution is 2.10. The van der Waals surface area contributed by atoms with Crippen molar-refractivity contribution in [3.8, 4) is 11.8 Å². The lowest BCUT2D eigenvalue weighted by Gasteiger charge is -2.21. The quantitative estimate of drug-likeness (QED) is 0.540. The summed E-state index contributed by atoms with van der Waals surface area (Å²) in [6.07, 6.45) is 0. The van der Waals surface area contributed by atoms with Crippen LogP contribution < -0.4 is 5.73 Å². The minimum absolute atomic E-state index is 0.148. The van der Waals surface area contributed by atoms with Crippen molar-refractivity contribution in [1.82, 2.24) is 0 Å². The van der Waals surface area contributed by atoms with E-state index < -0.39 is 11.5 Å². The molecule has 62 valence electrons. The fraction of sp³-hybridized carbons (Fsp3) is 0.625. The summed E-state index contributed by atoms with van der Waals surface area (Å²) in [5.74, 6) is 3.51. The molecule has 1 unspecified atom stereocenters. The van der Waals surface area contributed by atoms with Crippen molar-refractivity contribution in [2.24, 2.45) is 11.7 Å². The van der Waals surface area contributed by atoms with Crippen LogP contribution in [0.5, 0.6) is 0 Å². The highest BCUT2D eigenvalue weighted by molar-refractivity contribution is 5.86. The second kappa shape index (κ2) is 3.40. The molecule has 0 aromatic carbocycles. The van der Waals surface area contributed by atoms with Crippen LogP contribution in [-0.2, 0) is 4.79 Å². The Kier molecular flexibility index (Phi) is 3.09. The smallest absolute Gasteiger partial charge is 0.381 e. The van der Waals surface area contributed by atoms with Crippen LogP contribution in [0.25, 0.3) is 0 Å². The van der Waals surface area contributed by atoms with Gasteiger partial charge >= 0.3 is 5.97 Å². The zero-order valence-electron chi connectivity index (χ0n) is 7.01. The Hall–Kier alpha value is -1.01. The SMILES string of the molecule is CC(C)C(C)(N)C#CC(=O)O. The van der Waals surface area contributed by atoms with Gasteiger partial charge in [0.2, 0.25) is 0 Å². The van der Waals surface area contributed by atoms with E-state index in [4.69, 9.17) is 10.8 Å². The molecule has 0 spiro atoms. The van der Waals surface area contributed by atoms with Gasteiger partial charge in [-0.05, 0) is 12.8 Å². The second-order valence-electron chi connectivity index (χ2n) is 2.99. The molecular formula is C8H13NO2. The van der Waals surface area contributed by atoms with Crippen LogP contribution in [0.4, 0.5) is 0 Å². The van der Waals surface area contributed by atoms with E-state index in [1.807, 2.05) is 19.8 Å². The van der Waals surface area contributed by atoms with Crippen LogP contribution in [0.3, 0.4) is 0 Å². The van der Waals surface area contributed by atoms with Gasteiger partial charge in [-0.2, -0.15) is 0 Å². The summed E-state index contributed by atoms with van der Waals surface area (Å²) in [5.41, 5.74) is 4.96. The number of hydrogen-bond acceptors (Lipinski definition) is 2. The predicted octanol–water partition coefficient (Wildman–Crippen LogP) is 0.448. The number of carboxylic acids is 1. The Labute approximate surface area is 66.6 Å². The van der Waals surface area contributed by atoms with E-state index in [0.29, 0.717) is 0 Å². The molecule has 1 atom stereocenters. The summed E-state index contributed by atoms with van der Waals surface area (Å²) in [6, 6.07) is 0. The van der Waals surface area contributed by atoms with Gasteiger partial charge in [0.15, 0.2) is 0 Å². The summed E-state index contributed by atoms with van der Waals surface area (Å²) in [7, 11) is 0. The van der Waals surface area contributed by atoms with Crippen molar-refractivity contribution in [1.29, 1.82) is 0 Å². The van der Waals surface area contributed by atoms with Gasteiger partial charge < -0.3 is 10.8 Å². The van der Waals surface area contributed by atoms with E-state index in [0.717, 1.165) is 0 Å². The Morgan fingerprint density at radius 1 is 1.64 bits per heavy atom. The number of rotatable bonds is 1. The maximum absolute atomic E-state index is 10.0. The first kappa shape index (κ1) is 9.99. The molecule has 0 saturated carbocycles. The molecule has 3 nitrogen and oxygen atoms in total. The van der Waals surface area contributed by atoms with Gasteiger partial charge in [-0.15, -0.1) is 0 Å². The van der Waals surface area contributed by atoms with Crippen LogP contribution in [0.1, 0.15) is 20.8 Å². The molecule has 3 heteroatoms. The number of nitrogens with two attached hydrogens (primary N) is 1. The van der Waals surface area contributed by atoms with Gasteiger partial charge in [0.25, 0.3) is 0 Å². The highest BCUT2D eigenvalue weighted by Gasteiger charge is 2.19. The zero-order chi connectivity index (χ0) is 9.07. The van der Waals surface area contributed by atoms with E-state index in [9.17, 15) is 4.79 Å². The molecule has 0 aliphatic carbocycles. The standard InChI is InChI=1S/C8H13NO2/c1-6(2)8(3,9)5-4-7(10)11/h6H,9H2,1-3H3,(H,10,11). The third kappa shape index (κ3) is 3.64. The van der Waals surface area contributed by atoms with E-state index in [1.165, 1.54) is 0 Å². The maximum Gasteiger partial charge on any atom is 0.381 e. The Morgan fingerprint density at radius 2 is 2.09 bits per heavy atom. The van der Waals surface area contributed by atoms with E-state index in [2.05, 4.69) is 5.92 Å². The van der Waals surface area contributed by atoms with Crippen molar-refractivity contribution in [3.05, 3.63) is 0 Å². The maximum atomic E-state index is 10.0. The molecule has 0 aromatic heterocycles. The third-order valence-electron chi connectivity index (χ3n) is 1.64. The summed E-state index contributed by atoms with van der Waals surface area (Å²) < 4.78 is 0. The summed E-state index contributed by atoms with van der Waals surface area (Å²) in [6.45, 7) is 5.51. The van der Waals surface area contributed by atoms with E-state index >= 15 is 0 Å². The Morgan fingerprint density at radius 3 is 2.36 bits per heavy atom. The molecule has 0 radical (unpaired) electrons. The predicted molar refractivity (Wildman–Crippen MR) is 42.8 cm³/mol. The van der Waals surface area contributed by atoms with Gasteiger partial charge in [0.1, 0.15) is 0 Å². The van der Waals surface area contributed by atoms with Crippen molar-refractivity contribution in [2.45, 2.75) is 26.3 Å². The lowest BCUT2D eigenvalue weighted by atomic mass is 9.90. The van der Waals surface area contributed by atoms with Crippen LogP contribution in [0.15, 0.2) is 0 Å². The Bertz CT molecular complexity index is 208. The first-order chi connectivity index (χ1) is 4.86. The molecule has 0 amide bonds.